The first-order chi connectivity index (χ1) is 14.2. The molecule has 6 nitrogen and oxygen atoms in total. The van der Waals surface area contributed by atoms with Crippen molar-refractivity contribution in [2.45, 2.75) is 32.8 Å². The topological polar surface area (TPSA) is 64.1 Å². The molecule has 2 rings (SSSR count). The molecule has 7 heteroatoms. The van der Waals surface area contributed by atoms with Gasteiger partial charge in [0.15, 0.2) is 5.96 Å². The lowest BCUT2D eigenvalue weighted by atomic mass is 10.3. The minimum absolute atomic E-state index is 0.163. The zero-order chi connectivity index (χ0) is 20.7. The molecule has 0 aliphatic heterocycles. The first-order valence-electron chi connectivity index (χ1n) is 10.1. The highest BCUT2D eigenvalue weighted by atomic mass is 32.1. The highest BCUT2D eigenvalue weighted by Gasteiger charge is 2.03. The number of aliphatic imine (C=N–C) groups is 1. The van der Waals surface area contributed by atoms with Crippen molar-refractivity contribution < 1.29 is 14.2 Å². The van der Waals surface area contributed by atoms with Gasteiger partial charge in [0.1, 0.15) is 5.75 Å². The summed E-state index contributed by atoms with van der Waals surface area (Å²) in [5.41, 5.74) is 0.972. The average molecular weight is 420 g/mol. The summed E-state index contributed by atoms with van der Waals surface area (Å²) in [7, 11) is 1.68. The quantitative estimate of drug-likeness (QED) is 0.290. The van der Waals surface area contributed by atoms with E-state index >= 15 is 0 Å². The van der Waals surface area contributed by atoms with Crippen LogP contribution in [-0.4, -0.2) is 52.1 Å². The fourth-order valence-electron chi connectivity index (χ4n) is 2.53. The highest BCUT2D eigenvalue weighted by molar-refractivity contribution is 7.09. The Bertz CT molecular complexity index is 688. The molecule has 0 amide bonds. The van der Waals surface area contributed by atoms with Gasteiger partial charge in [-0.05, 0) is 62.4 Å². The third kappa shape index (κ3) is 10.3. The Morgan fingerprint density at radius 3 is 2.62 bits per heavy atom. The van der Waals surface area contributed by atoms with E-state index in [0.717, 1.165) is 36.8 Å². The van der Waals surface area contributed by atoms with E-state index in [2.05, 4.69) is 33.1 Å². The number of methoxy groups -OCH3 is 1. The molecule has 1 heterocycles. The Morgan fingerprint density at radius 1 is 1.10 bits per heavy atom. The van der Waals surface area contributed by atoms with Gasteiger partial charge in [0.25, 0.3) is 0 Å². The third-order valence-electron chi connectivity index (χ3n) is 3.88. The van der Waals surface area contributed by atoms with E-state index in [0.29, 0.717) is 26.4 Å². The molecule has 0 atom stereocenters. The summed E-state index contributed by atoms with van der Waals surface area (Å²) in [5.74, 6) is 1.64. The Hall–Kier alpha value is -2.09. The standard InChI is InChI=1S/C22H33N3O3S/c1-18(2)28-20-9-7-19(8-10-20)25-22(23-12-5-14-27-16-15-26-3)24-13-11-21-6-4-17-29-21/h4,6-10,17-18H,5,11-16H2,1-3H3,(H2,23,24,25). The molecule has 2 aromatic rings. The molecule has 0 bridgehead atoms. The number of anilines is 1. The van der Waals surface area contributed by atoms with Crippen LogP contribution in [0.2, 0.25) is 0 Å². The van der Waals surface area contributed by atoms with E-state index in [1.54, 1.807) is 18.4 Å². The normalized spacial score (nSPS) is 11.7. The predicted molar refractivity (Wildman–Crippen MR) is 121 cm³/mol. The zero-order valence-corrected chi connectivity index (χ0v) is 18.5. The van der Waals surface area contributed by atoms with Crippen LogP contribution in [0.5, 0.6) is 5.75 Å². The summed E-state index contributed by atoms with van der Waals surface area (Å²) in [6.45, 7) is 7.48. The monoisotopic (exact) mass is 419 g/mol. The van der Waals surface area contributed by atoms with Crippen molar-refractivity contribution in [2.75, 3.05) is 45.3 Å². The number of guanidine groups is 1. The summed E-state index contributed by atoms with van der Waals surface area (Å²) >= 11 is 1.77. The van der Waals surface area contributed by atoms with Crippen LogP contribution >= 0.6 is 11.3 Å². The van der Waals surface area contributed by atoms with Crippen LogP contribution in [0.3, 0.4) is 0 Å². The lowest BCUT2D eigenvalue weighted by Gasteiger charge is -2.14. The smallest absolute Gasteiger partial charge is 0.195 e. The largest absolute Gasteiger partial charge is 0.491 e. The fraction of sp³-hybridized carbons (Fsp3) is 0.500. The molecule has 1 aromatic heterocycles. The Morgan fingerprint density at radius 2 is 1.93 bits per heavy atom. The number of benzene rings is 1. The van der Waals surface area contributed by atoms with Gasteiger partial charge in [-0.15, -0.1) is 11.3 Å². The summed E-state index contributed by atoms with van der Waals surface area (Å²) in [4.78, 5) is 6.04. The van der Waals surface area contributed by atoms with Gasteiger partial charge in [0, 0.05) is 37.4 Å². The van der Waals surface area contributed by atoms with Gasteiger partial charge in [-0.25, -0.2) is 0 Å². The Labute approximate surface area is 178 Å². The number of thiophene rings is 1. The molecule has 0 fully saturated rings. The molecule has 0 saturated heterocycles. The second kappa shape index (κ2) is 14.0. The molecule has 0 aliphatic carbocycles. The summed E-state index contributed by atoms with van der Waals surface area (Å²) < 4.78 is 16.2. The number of rotatable bonds is 13. The van der Waals surface area contributed by atoms with Gasteiger partial charge in [0.05, 0.1) is 19.3 Å². The minimum atomic E-state index is 0.163. The molecule has 0 aliphatic rings. The van der Waals surface area contributed by atoms with Crippen molar-refractivity contribution >= 4 is 23.0 Å². The highest BCUT2D eigenvalue weighted by Crippen LogP contribution is 2.17. The van der Waals surface area contributed by atoms with E-state index in [4.69, 9.17) is 14.2 Å². The molecule has 0 radical (unpaired) electrons. The van der Waals surface area contributed by atoms with Crippen LogP contribution in [-0.2, 0) is 15.9 Å². The van der Waals surface area contributed by atoms with Crippen LogP contribution in [0.25, 0.3) is 0 Å². The van der Waals surface area contributed by atoms with Crippen LogP contribution in [0.15, 0.2) is 46.8 Å². The van der Waals surface area contributed by atoms with Crippen LogP contribution in [0.4, 0.5) is 5.69 Å². The molecule has 1 aromatic carbocycles. The lowest BCUT2D eigenvalue weighted by molar-refractivity contribution is 0.0702. The maximum Gasteiger partial charge on any atom is 0.195 e. The average Bonchev–Trinajstić information content (AvgIpc) is 3.21. The van der Waals surface area contributed by atoms with E-state index in [-0.39, 0.29) is 6.10 Å². The lowest BCUT2D eigenvalue weighted by Crippen LogP contribution is -2.32. The van der Waals surface area contributed by atoms with Gasteiger partial charge in [-0.2, -0.15) is 0 Å². The summed E-state index contributed by atoms with van der Waals surface area (Å²) in [5, 5.41) is 8.90. The molecule has 160 valence electrons. The zero-order valence-electron chi connectivity index (χ0n) is 17.6. The Balaban J connectivity index is 1.85. The molecule has 29 heavy (non-hydrogen) atoms. The summed E-state index contributed by atoms with van der Waals surface area (Å²) in [6.07, 6.45) is 2.00. The minimum Gasteiger partial charge on any atom is -0.491 e. The van der Waals surface area contributed by atoms with Crippen molar-refractivity contribution in [2.24, 2.45) is 4.99 Å². The molecule has 0 unspecified atom stereocenters. The molecule has 0 spiro atoms. The second-order valence-electron chi connectivity index (χ2n) is 6.76. The van der Waals surface area contributed by atoms with Gasteiger partial charge >= 0.3 is 0 Å². The molecule has 2 N–H and O–H groups in total. The van der Waals surface area contributed by atoms with Crippen molar-refractivity contribution in [3.05, 3.63) is 46.7 Å². The number of ether oxygens (including phenoxy) is 3. The van der Waals surface area contributed by atoms with Crippen molar-refractivity contribution in [1.82, 2.24) is 5.32 Å². The van der Waals surface area contributed by atoms with Gasteiger partial charge in [-0.3, -0.25) is 4.99 Å². The number of nitrogens with zero attached hydrogens (tertiary/aromatic N) is 1. The van der Waals surface area contributed by atoms with Crippen LogP contribution in [0, 0.1) is 0 Å². The SMILES string of the molecule is COCCOCCCN=C(NCCc1cccs1)Nc1ccc(OC(C)C)cc1. The van der Waals surface area contributed by atoms with Crippen LogP contribution in [0.1, 0.15) is 25.1 Å². The fourth-order valence-corrected chi connectivity index (χ4v) is 3.24. The number of hydrogen-bond donors (Lipinski definition) is 2. The van der Waals surface area contributed by atoms with Crippen molar-refractivity contribution in [3.8, 4) is 5.75 Å². The molecular formula is C22H33N3O3S. The maximum atomic E-state index is 5.70. The molecule has 0 saturated carbocycles. The Kier molecular flexibility index (Phi) is 11.2. The number of hydrogen-bond acceptors (Lipinski definition) is 5. The van der Waals surface area contributed by atoms with Gasteiger partial charge < -0.3 is 24.8 Å². The maximum absolute atomic E-state index is 5.70. The second-order valence-corrected chi connectivity index (χ2v) is 7.79. The van der Waals surface area contributed by atoms with Crippen molar-refractivity contribution in [1.29, 1.82) is 0 Å². The van der Waals surface area contributed by atoms with E-state index in [1.807, 2.05) is 38.1 Å². The van der Waals surface area contributed by atoms with Crippen LogP contribution < -0.4 is 15.4 Å². The molecular weight excluding hydrogens is 386 g/mol. The van der Waals surface area contributed by atoms with Gasteiger partial charge in [0.2, 0.25) is 0 Å². The van der Waals surface area contributed by atoms with E-state index in [1.165, 1.54) is 4.88 Å². The number of nitrogens with one attached hydrogen (secondary N) is 2. The summed E-state index contributed by atoms with van der Waals surface area (Å²) in [6, 6.07) is 12.2. The third-order valence-corrected chi connectivity index (χ3v) is 4.82. The first-order valence-corrected chi connectivity index (χ1v) is 11.0. The van der Waals surface area contributed by atoms with Gasteiger partial charge in [-0.1, -0.05) is 6.07 Å². The van der Waals surface area contributed by atoms with Crippen molar-refractivity contribution in [3.63, 3.8) is 0 Å². The first kappa shape index (κ1) is 23.2. The van der Waals surface area contributed by atoms with E-state index in [9.17, 15) is 0 Å². The predicted octanol–water partition coefficient (Wildman–Crippen LogP) is 4.19. The van der Waals surface area contributed by atoms with E-state index < -0.39 is 0 Å².